The van der Waals surface area contributed by atoms with Crippen LogP contribution in [-0.4, -0.2) is 11.1 Å². The molecular formula is C10H8N2O3. The van der Waals surface area contributed by atoms with E-state index in [-0.39, 0.29) is 5.69 Å². The smallest absolute Gasteiger partial charge is 0.404 e. The van der Waals surface area contributed by atoms with Gasteiger partial charge in [-0.3, -0.25) is 0 Å². The highest BCUT2D eigenvalue weighted by molar-refractivity contribution is 5.93. The zero-order chi connectivity index (χ0) is 11.0. The number of nitrogens with zero attached hydrogens (tertiary/aromatic N) is 1. The number of carboxylic acid groups (broad SMARTS) is 1. The number of nitrogens with two attached hydrogens (primary N) is 1. The summed E-state index contributed by atoms with van der Waals surface area (Å²) in [5.41, 5.74) is 5.31. The van der Waals surface area contributed by atoms with Crippen LogP contribution >= 0.6 is 0 Å². The number of nitrogen functional groups attached to an aromatic ring is 1. The minimum Gasteiger partial charge on any atom is -0.618 e. The molecule has 0 unspecified atom stereocenters. The van der Waals surface area contributed by atoms with Crippen LogP contribution in [-0.2, 0) is 0 Å². The Kier molecular flexibility index (Phi) is 1.93. The van der Waals surface area contributed by atoms with Crippen LogP contribution in [0.15, 0.2) is 30.3 Å². The van der Waals surface area contributed by atoms with E-state index in [9.17, 15) is 10.0 Å². The Morgan fingerprint density at radius 3 is 2.73 bits per heavy atom. The molecule has 0 fully saturated rings. The lowest BCUT2D eigenvalue weighted by Crippen LogP contribution is -2.36. The molecule has 5 nitrogen and oxygen atoms in total. The van der Waals surface area contributed by atoms with Crippen LogP contribution in [0, 0.1) is 5.21 Å². The van der Waals surface area contributed by atoms with Gasteiger partial charge in [0, 0.05) is 11.5 Å². The number of benzene rings is 1. The van der Waals surface area contributed by atoms with Gasteiger partial charge in [-0.15, -0.1) is 0 Å². The van der Waals surface area contributed by atoms with E-state index in [4.69, 9.17) is 10.8 Å². The zero-order valence-corrected chi connectivity index (χ0v) is 7.68. The summed E-state index contributed by atoms with van der Waals surface area (Å²) in [4.78, 5) is 10.8. The van der Waals surface area contributed by atoms with Gasteiger partial charge in [-0.05, 0) is 12.1 Å². The van der Waals surface area contributed by atoms with Crippen molar-refractivity contribution >= 4 is 22.6 Å². The molecule has 1 aromatic carbocycles. The fourth-order valence-corrected chi connectivity index (χ4v) is 1.48. The first-order valence-electron chi connectivity index (χ1n) is 4.25. The van der Waals surface area contributed by atoms with Gasteiger partial charge in [0.15, 0.2) is 0 Å². The number of hydrogen-bond donors (Lipinski definition) is 2. The molecule has 1 heterocycles. The van der Waals surface area contributed by atoms with Crippen LogP contribution in [0.5, 0.6) is 0 Å². The van der Waals surface area contributed by atoms with Gasteiger partial charge in [0.25, 0.3) is 0 Å². The molecule has 3 N–H and O–H groups in total. The number of fused-ring (bicyclic) bond motifs is 1. The predicted octanol–water partition coefficient (Wildman–Crippen LogP) is 0.754. The van der Waals surface area contributed by atoms with Crippen molar-refractivity contribution in [3.05, 3.63) is 41.2 Å². The number of carboxylic acids is 1. The molecule has 0 bridgehead atoms. The number of aromatic carboxylic acids is 1. The summed E-state index contributed by atoms with van der Waals surface area (Å²) in [7, 11) is 0. The Balaban J connectivity index is 2.90. The summed E-state index contributed by atoms with van der Waals surface area (Å²) >= 11 is 0. The van der Waals surface area contributed by atoms with Gasteiger partial charge < -0.3 is 16.0 Å². The molecule has 76 valence electrons. The maximum Gasteiger partial charge on any atom is 0.404 e. The predicted molar refractivity (Wildman–Crippen MR) is 54.3 cm³/mol. The van der Waals surface area contributed by atoms with Crippen molar-refractivity contribution in [2.45, 2.75) is 0 Å². The fourth-order valence-electron chi connectivity index (χ4n) is 1.48. The summed E-state index contributed by atoms with van der Waals surface area (Å²) in [5, 5.41) is 21.1. The van der Waals surface area contributed by atoms with E-state index < -0.39 is 11.7 Å². The third kappa shape index (κ3) is 1.34. The van der Waals surface area contributed by atoms with Crippen LogP contribution in [0.25, 0.3) is 10.9 Å². The standard InChI is InChI=1S/C10H8N2O3/c11-7-5-6-3-1-2-4-8(6)12(15)9(7)10(13)14/h1-5H,11H2,(H,13,14). The quantitative estimate of drug-likeness (QED) is 0.529. The lowest BCUT2D eigenvalue weighted by atomic mass is 10.2. The zero-order valence-electron chi connectivity index (χ0n) is 7.68. The number of para-hydroxylation sites is 1. The summed E-state index contributed by atoms with van der Waals surface area (Å²) in [5.74, 6) is -1.33. The molecule has 5 heteroatoms. The van der Waals surface area contributed by atoms with E-state index in [2.05, 4.69) is 0 Å². The van der Waals surface area contributed by atoms with Gasteiger partial charge in [0.05, 0.1) is 0 Å². The summed E-state index contributed by atoms with van der Waals surface area (Å²) in [6, 6.07) is 8.15. The normalized spacial score (nSPS) is 10.4. The van der Waals surface area contributed by atoms with E-state index in [0.29, 0.717) is 15.6 Å². The average Bonchev–Trinajstić information content (AvgIpc) is 2.17. The average molecular weight is 204 g/mol. The first-order valence-corrected chi connectivity index (χ1v) is 4.25. The van der Waals surface area contributed by atoms with E-state index in [0.717, 1.165) is 0 Å². The second kappa shape index (κ2) is 3.13. The summed E-state index contributed by atoms with van der Waals surface area (Å²) in [6.45, 7) is 0. The highest BCUT2D eigenvalue weighted by Gasteiger charge is 2.21. The van der Waals surface area contributed by atoms with E-state index in [1.165, 1.54) is 6.07 Å². The molecule has 2 aromatic rings. The highest BCUT2D eigenvalue weighted by atomic mass is 16.5. The summed E-state index contributed by atoms with van der Waals surface area (Å²) in [6.07, 6.45) is 0. The van der Waals surface area contributed by atoms with Gasteiger partial charge in [-0.25, -0.2) is 4.79 Å². The van der Waals surface area contributed by atoms with Crippen LogP contribution in [0.2, 0.25) is 0 Å². The molecule has 0 spiro atoms. The maximum absolute atomic E-state index is 11.6. The molecule has 0 saturated carbocycles. The summed E-state index contributed by atoms with van der Waals surface area (Å²) < 4.78 is 0.340. The number of carbonyl (C=O) groups is 1. The molecule has 15 heavy (non-hydrogen) atoms. The van der Waals surface area contributed by atoms with E-state index >= 15 is 0 Å². The molecule has 1 aromatic heterocycles. The monoisotopic (exact) mass is 204 g/mol. The lowest BCUT2D eigenvalue weighted by Gasteiger charge is -2.06. The van der Waals surface area contributed by atoms with Crippen molar-refractivity contribution < 1.29 is 14.6 Å². The Hall–Kier alpha value is -2.30. The van der Waals surface area contributed by atoms with Crippen molar-refractivity contribution in [1.82, 2.24) is 0 Å². The van der Waals surface area contributed by atoms with Crippen molar-refractivity contribution in [2.75, 3.05) is 5.73 Å². The van der Waals surface area contributed by atoms with Gasteiger partial charge in [0.1, 0.15) is 5.69 Å². The Morgan fingerprint density at radius 2 is 2.07 bits per heavy atom. The molecule has 0 aliphatic heterocycles. The first kappa shape index (κ1) is 9.26. The number of rotatable bonds is 1. The van der Waals surface area contributed by atoms with Crippen LogP contribution in [0.4, 0.5) is 5.69 Å². The molecule has 0 aliphatic carbocycles. The fraction of sp³-hybridized carbons (Fsp3) is 0. The van der Waals surface area contributed by atoms with Gasteiger partial charge in [0.2, 0.25) is 5.52 Å². The third-order valence-corrected chi connectivity index (χ3v) is 2.15. The number of aromatic nitrogens is 1. The Bertz CT molecular complexity index is 552. The van der Waals surface area contributed by atoms with E-state index in [1.54, 1.807) is 24.3 Å². The third-order valence-electron chi connectivity index (χ3n) is 2.15. The minimum absolute atomic E-state index is 0.0313. The first-order chi connectivity index (χ1) is 7.11. The molecule has 0 atom stereocenters. The van der Waals surface area contributed by atoms with Crippen LogP contribution < -0.4 is 10.5 Å². The number of pyridine rings is 1. The molecule has 0 amide bonds. The lowest BCUT2D eigenvalue weighted by molar-refractivity contribution is -0.579. The molecular weight excluding hydrogens is 196 g/mol. The second-order valence-corrected chi connectivity index (χ2v) is 3.11. The van der Waals surface area contributed by atoms with Crippen LogP contribution in [0.1, 0.15) is 10.5 Å². The Morgan fingerprint density at radius 1 is 1.40 bits per heavy atom. The number of anilines is 1. The maximum atomic E-state index is 11.6. The topological polar surface area (TPSA) is 90.3 Å². The SMILES string of the molecule is Nc1cc2ccccc2[n+]([O-])c1C(=O)O. The van der Waals surface area contributed by atoms with Gasteiger partial charge in [-0.2, -0.15) is 4.73 Å². The minimum atomic E-state index is -1.33. The number of hydrogen-bond acceptors (Lipinski definition) is 3. The van der Waals surface area contributed by atoms with Crippen molar-refractivity contribution in [1.29, 1.82) is 0 Å². The molecule has 0 aliphatic rings. The second-order valence-electron chi connectivity index (χ2n) is 3.11. The van der Waals surface area contributed by atoms with Crippen LogP contribution in [0.3, 0.4) is 0 Å². The largest absolute Gasteiger partial charge is 0.618 e. The van der Waals surface area contributed by atoms with Gasteiger partial charge in [-0.1, -0.05) is 12.1 Å². The molecule has 0 radical (unpaired) electrons. The highest BCUT2D eigenvalue weighted by Crippen LogP contribution is 2.16. The van der Waals surface area contributed by atoms with Gasteiger partial charge >= 0.3 is 11.7 Å². The molecule has 0 saturated heterocycles. The molecule has 2 rings (SSSR count). The Labute approximate surface area is 85.0 Å². The van der Waals surface area contributed by atoms with Crippen molar-refractivity contribution in [3.63, 3.8) is 0 Å². The van der Waals surface area contributed by atoms with Crippen molar-refractivity contribution in [3.8, 4) is 0 Å². The van der Waals surface area contributed by atoms with Crippen molar-refractivity contribution in [2.24, 2.45) is 0 Å². The van der Waals surface area contributed by atoms with E-state index in [1.807, 2.05) is 0 Å².